The number of imide groups is 1. The fourth-order valence-corrected chi connectivity index (χ4v) is 3.09. The van der Waals surface area contributed by atoms with Gasteiger partial charge in [0.15, 0.2) is 9.84 Å². The Morgan fingerprint density at radius 1 is 1.28 bits per heavy atom. The highest BCUT2D eigenvalue weighted by Crippen LogP contribution is 2.15. The van der Waals surface area contributed by atoms with Gasteiger partial charge in [-0.15, -0.1) is 0 Å². The van der Waals surface area contributed by atoms with Crippen molar-refractivity contribution in [3.8, 4) is 0 Å². The van der Waals surface area contributed by atoms with E-state index in [2.05, 4.69) is 14.9 Å². The maximum Gasteiger partial charge on any atom is 0.534 e. The lowest BCUT2D eigenvalue weighted by molar-refractivity contribution is -0.178. The molecule has 25 heavy (non-hydrogen) atoms. The summed E-state index contributed by atoms with van der Waals surface area (Å²) in [6.07, 6.45) is 0.701. The van der Waals surface area contributed by atoms with Crippen molar-refractivity contribution in [3.05, 3.63) is 10.4 Å². The van der Waals surface area contributed by atoms with Crippen LogP contribution in [0.2, 0.25) is 0 Å². The van der Waals surface area contributed by atoms with Crippen LogP contribution >= 0.6 is 0 Å². The number of hydroxylamine groups is 2. The van der Waals surface area contributed by atoms with E-state index < -0.39 is 39.7 Å². The van der Waals surface area contributed by atoms with E-state index in [0.29, 0.717) is 30.9 Å². The van der Waals surface area contributed by atoms with Crippen LogP contribution in [0, 0.1) is 0 Å². The van der Waals surface area contributed by atoms with Crippen molar-refractivity contribution >= 4 is 27.8 Å². The Morgan fingerprint density at radius 3 is 2.48 bits per heavy atom. The molecule has 0 saturated carbocycles. The highest BCUT2D eigenvalue weighted by molar-refractivity contribution is 7.90. The highest BCUT2D eigenvalue weighted by Gasteiger charge is 2.34. The maximum atomic E-state index is 11.7. The van der Waals surface area contributed by atoms with E-state index in [-0.39, 0.29) is 19.3 Å². The zero-order valence-electron chi connectivity index (χ0n) is 13.8. The summed E-state index contributed by atoms with van der Waals surface area (Å²) in [4.78, 5) is 41.6. The van der Waals surface area contributed by atoms with Gasteiger partial charge in [0.1, 0.15) is 6.10 Å². The normalized spacial score (nSPS) is 15.6. The van der Waals surface area contributed by atoms with Crippen molar-refractivity contribution in [1.29, 1.82) is 0 Å². The van der Waals surface area contributed by atoms with E-state index in [1.54, 1.807) is 0 Å². The Kier molecular flexibility index (Phi) is 8.16. The Hall–Kier alpha value is -2.33. The summed E-state index contributed by atoms with van der Waals surface area (Å²) in [5.74, 6) is -1.71. The number of nitrogens with zero attached hydrogens (tertiary/aromatic N) is 4. The van der Waals surface area contributed by atoms with E-state index in [1.165, 1.54) is 0 Å². The largest absolute Gasteiger partial charge is 0.534 e. The molecule has 2 amide bonds. The molecule has 0 aliphatic carbocycles. The number of hydrogen-bond donors (Lipinski definition) is 0. The molecule has 1 saturated heterocycles. The van der Waals surface area contributed by atoms with Gasteiger partial charge in [-0.25, -0.2) is 13.2 Å². The van der Waals surface area contributed by atoms with Crippen molar-refractivity contribution in [2.45, 2.75) is 44.6 Å². The minimum absolute atomic E-state index is 0.0515. The van der Waals surface area contributed by atoms with Crippen LogP contribution in [-0.4, -0.2) is 56.1 Å². The van der Waals surface area contributed by atoms with Crippen LogP contribution in [0.1, 0.15) is 38.5 Å². The molecule has 1 rings (SSSR count). The third kappa shape index (κ3) is 8.36. The van der Waals surface area contributed by atoms with Gasteiger partial charge < -0.3 is 4.74 Å². The second-order valence-corrected chi connectivity index (χ2v) is 7.74. The van der Waals surface area contributed by atoms with Crippen LogP contribution < -0.4 is 0 Å². The van der Waals surface area contributed by atoms with Crippen molar-refractivity contribution in [1.82, 2.24) is 5.06 Å². The molecule has 140 valence electrons. The standard InChI is InChI=1S/C13H20N4O7S/c1-25(21,22)9-10(5-3-2-4-8-15-16-14)23-13(20)24-17-11(18)6-7-12(17)19/h10H,2-9H2,1H3. The average Bonchev–Trinajstić information content (AvgIpc) is 2.81. The van der Waals surface area contributed by atoms with Gasteiger partial charge in [-0.05, 0) is 24.8 Å². The minimum Gasteiger partial charge on any atom is -0.428 e. The van der Waals surface area contributed by atoms with Gasteiger partial charge in [-0.1, -0.05) is 16.6 Å². The summed E-state index contributed by atoms with van der Waals surface area (Å²) >= 11 is 0. The summed E-state index contributed by atoms with van der Waals surface area (Å²) in [6, 6.07) is 0. The van der Waals surface area contributed by atoms with Crippen LogP contribution in [0.3, 0.4) is 0 Å². The molecule has 1 aliphatic rings. The number of sulfone groups is 1. The first-order chi connectivity index (χ1) is 11.7. The molecular weight excluding hydrogens is 356 g/mol. The third-order valence-electron chi connectivity index (χ3n) is 3.27. The average molecular weight is 376 g/mol. The van der Waals surface area contributed by atoms with Gasteiger partial charge in [-0.3, -0.25) is 14.4 Å². The lowest BCUT2D eigenvalue weighted by atomic mass is 10.1. The smallest absolute Gasteiger partial charge is 0.428 e. The number of ether oxygens (including phenoxy) is 1. The van der Waals surface area contributed by atoms with E-state index in [4.69, 9.17) is 10.3 Å². The van der Waals surface area contributed by atoms with Gasteiger partial charge in [0.05, 0.1) is 5.75 Å². The Labute approximate surface area is 144 Å². The van der Waals surface area contributed by atoms with Crippen LogP contribution in [0.4, 0.5) is 4.79 Å². The van der Waals surface area contributed by atoms with Crippen molar-refractivity contribution in [2.75, 3.05) is 18.6 Å². The molecule has 0 aromatic rings. The lowest BCUT2D eigenvalue weighted by Gasteiger charge is -2.18. The number of carbonyl (C=O) groups is 3. The molecule has 1 fully saturated rings. The number of hydrogen-bond acceptors (Lipinski definition) is 8. The highest BCUT2D eigenvalue weighted by atomic mass is 32.2. The molecule has 1 heterocycles. The Balaban J connectivity index is 2.51. The molecular formula is C13H20N4O7S. The van der Waals surface area contributed by atoms with Crippen LogP contribution in [0.25, 0.3) is 10.4 Å². The number of amides is 2. The topological polar surface area (TPSA) is 156 Å². The predicted octanol–water partition coefficient (Wildman–Crippen LogP) is 1.49. The number of carbonyl (C=O) groups excluding carboxylic acids is 3. The van der Waals surface area contributed by atoms with Crippen LogP contribution in [0.15, 0.2) is 5.11 Å². The van der Waals surface area contributed by atoms with Crippen molar-refractivity contribution in [2.24, 2.45) is 5.11 Å². The molecule has 1 atom stereocenters. The monoisotopic (exact) mass is 376 g/mol. The second kappa shape index (κ2) is 9.84. The van der Waals surface area contributed by atoms with Gasteiger partial charge in [-0.2, -0.15) is 0 Å². The Morgan fingerprint density at radius 2 is 1.92 bits per heavy atom. The Bertz CT molecular complexity index is 641. The van der Waals surface area contributed by atoms with Crippen LogP contribution in [0.5, 0.6) is 0 Å². The summed E-state index contributed by atoms with van der Waals surface area (Å²) in [5.41, 5.74) is 8.16. The van der Waals surface area contributed by atoms with Crippen LogP contribution in [-0.2, 0) is 29.0 Å². The fourth-order valence-electron chi connectivity index (χ4n) is 2.18. The lowest BCUT2D eigenvalue weighted by Crippen LogP contribution is -2.35. The first-order valence-corrected chi connectivity index (χ1v) is 9.72. The van der Waals surface area contributed by atoms with Gasteiger partial charge in [0.25, 0.3) is 11.8 Å². The van der Waals surface area contributed by atoms with E-state index in [1.807, 2.05) is 0 Å². The molecule has 0 radical (unpaired) electrons. The zero-order valence-corrected chi connectivity index (χ0v) is 14.6. The molecule has 1 aliphatic heterocycles. The summed E-state index contributed by atoms with van der Waals surface area (Å²) in [6.45, 7) is 0.329. The van der Waals surface area contributed by atoms with Crippen molar-refractivity contribution in [3.63, 3.8) is 0 Å². The summed E-state index contributed by atoms with van der Waals surface area (Å²) < 4.78 is 27.8. The maximum absolute atomic E-state index is 11.7. The molecule has 0 aromatic carbocycles. The second-order valence-electron chi connectivity index (χ2n) is 5.56. The fraction of sp³-hybridized carbons (Fsp3) is 0.769. The quantitative estimate of drug-likeness (QED) is 0.140. The zero-order chi connectivity index (χ0) is 18.9. The number of unbranched alkanes of at least 4 members (excludes halogenated alkanes) is 2. The molecule has 0 spiro atoms. The molecule has 0 aromatic heterocycles. The molecule has 0 bridgehead atoms. The molecule has 11 nitrogen and oxygen atoms in total. The predicted molar refractivity (Wildman–Crippen MR) is 84.6 cm³/mol. The van der Waals surface area contributed by atoms with Gasteiger partial charge >= 0.3 is 6.16 Å². The SMILES string of the molecule is CS(=O)(=O)CC(CCCCCN=[N+]=[N-])OC(=O)ON1C(=O)CCC1=O. The first-order valence-electron chi connectivity index (χ1n) is 7.66. The minimum atomic E-state index is -3.42. The van der Waals surface area contributed by atoms with Gasteiger partial charge in [0, 0.05) is 30.6 Å². The number of rotatable bonds is 10. The first kappa shape index (κ1) is 20.7. The number of azide groups is 1. The van der Waals surface area contributed by atoms with Gasteiger partial charge in [0.2, 0.25) is 0 Å². The molecule has 1 unspecified atom stereocenters. The van der Waals surface area contributed by atoms with E-state index >= 15 is 0 Å². The van der Waals surface area contributed by atoms with E-state index in [0.717, 1.165) is 6.26 Å². The molecule has 0 N–H and O–H groups in total. The van der Waals surface area contributed by atoms with Crippen molar-refractivity contribution < 1.29 is 32.4 Å². The summed E-state index contributed by atoms with van der Waals surface area (Å²) in [5, 5.41) is 3.71. The third-order valence-corrected chi connectivity index (χ3v) is 4.25. The summed E-state index contributed by atoms with van der Waals surface area (Å²) in [7, 11) is -3.42. The molecule has 12 heteroatoms. The van der Waals surface area contributed by atoms with E-state index in [9.17, 15) is 22.8 Å².